The second kappa shape index (κ2) is 6.86. The van der Waals surface area contributed by atoms with Gasteiger partial charge in [-0.05, 0) is 36.1 Å². The van der Waals surface area contributed by atoms with E-state index in [1.165, 1.54) is 23.5 Å². The number of halogens is 1. The molecule has 24 heavy (non-hydrogen) atoms. The number of ether oxygens (including phenoxy) is 1. The molecule has 1 aromatic carbocycles. The third kappa shape index (κ3) is 3.91. The Balaban J connectivity index is 1.69. The lowest BCUT2D eigenvalue weighted by Crippen LogP contribution is -2.24. The van der Waals surface area contributed by atoms with Gasteiger partial charge in [0.05, 0.1) is 11.9 Å². The molecule has 0 saturated heterocycles. The van der Waals surface area contributed by atoms with Crippen LogP contribution in [0.3, 0.4) is 0 Å². The Labute approximate surface area is 144 Å². The molecule has 2 heterocycles. The quantitative estimate of drug-likeness (QED) is 0.699. The molecule has 128 valence electrons. The molecule has 0 saturated carbocycles. The zero-order valence-electron chi connectivity index (χ0n) is 14.0. The Morgan fingerprint density at radius 2 is 2.04 bits per heavy atom. The molecular weight excluding hydrogens is 327 g/mol. The van der Waals surface area contributed by atoms with Crippen LogP contribution in [0.25, 0.3) is 16.2 Å². The summed E-state index contributed by atoms with van der Waals surface area (Å²) in [5, 5.41) is 8.73. The van der Waals surface area contributed by atoms with Crippen molar-refractivity contribution in [3.63, 3.8) is 0 Å². The van der Waals surface area contributed by atoms with Gasteiger partial charge in [-0.1, -0.05) is 25.2 Å². The van der Waals surface area contributed by atoms with Crippen molar-refractivity contribution >= 4 is 21.4 Å². The van der Waals surface area contributed by atoms with E-state index in [0.29, 0.717) is 0 Å². The van der Waals surface area contributed by atoms with Gasteiger partial charge in [-0.2, -0.15) is 0 Å². The van der Waals surface area contributed by atoms with Gasteiger partial charge in [0.2, 0.25) is 10.1 Å². The lowest BCUT2D eigenvalue weighted by Gasteiger charge is -2.24. The number of anilines is 1. The van der Waals surface area contributed by atoms with E-state index in [1.54, 1.807) is 23.8 Å². The van der Waals surface area contributed by atoms with Crippen LogP contribution in [-0.4, -0.2) is 34.9 Å². The highest BCUT2D eigenvalue weighted by atomic mass is 32.1. The third-order valence-electron chi connectivity index (χ3n) is 3.88. The number of imidazole rings is 1. The summed E-state index contributed by atoms with van der Waals surface area (Å²) < 4.78 is 19.9. The van der Waals surface area contributed by atoms with Gasteiger partial charge in [-0.15, -0.1) is 5.10 Å². The van der Waals surface area contributed by atoms with Crippen molar-refractivity contribution in [1.82, 2.24) is 14.6 Å². The van der Waals surface area contributed by atoms with E-state index in [0.717, 1.165) is 40.9 Å². The standard InChI is InChI=1S/C17H21FN4OS/c1-17(2,8-9-23-3)11-19-15-21-22-10-14(20-16(22)24-15)12-4-6-13(18)7-5-12/h4-7,10H,8-9,11H2,1-3H3,(H,19,21). The monoisotopic (exact) mass is 348 g/mol. The Hall–Kier alpha value is -1.99. The normalized spacial score (nSPS) is 12.0. The molecule has 0 unspecified atom stereocenters. The van der Waals surface area contributed by atoms with Crippen LogP contribution >= 0.6 is 11.3 Å². The summed E-state index contributed by atoms with van der Waals surface area (Å²) in [4.78, 5) is 5.38. The first-order chi connectivity index (χ1) is 11.5. The number of rotatable bonds is 7. The first-order valence-electron chi connectivity index (χ1n) is 7.82. The maximum absolute atomic E-state index is 13.0. The van der Waals surface area contributed by atoms with Gasteiger partial charge in [0, 0.05) is 25.8 Å². The van der Waals surface area contributed by atoms with Crippen molar-refractivity contribution < 1.29 is 9.13 Å². The van der Waals surface area contributed by atoms with E-state index in [4.69, 9.17) is 4.74 Å². The number of nitrogens with one attached hydrogen (secondary N) is 1. The molecule has 5 nitrogen and oxygen atoms in total. The number of aromatic nitrogens is 3. The van der Waals surface area contributed by atoms with Crippen LogP contribution < -0.4 is 5.32 Å². The van der Waals surface area contributed by atoms with Gasteiger partial charge in [-0.25, -0.2) is 13.9 Å². The summed E-state index contributed by atoms with van der Waals surface area (Å²) in [6, 6.07) is 6.31. The predicted molar refractivity (Wildman–Crippen MR) is 95.0 cm³/mol. The molecular formula is C17H21FN4OS. The van der Waals surface area contributed by atoms with Crippen molar-refractivity contribution in [3.05, 3.63) is 36.3 Å². The lowest BCUT2D eigenvalue weighted by molar-refractivity contribution is 0.157. The highest BCUT2D eigenvalue weighted by Gasteiger charge is 2.18. The maximum atomic E-state index is 13.0. The Morgan fingerprint density at radius 3 is 2.71 bits per heavy atom. The van der Waals surface area contributed by atoms with Crippen molar-refractivity contribution in [1.29, 1.82) is 0 Å². The van der Waals surface area contributed by atoms with Gasteiger partial charge >= 0.3 is 0 Å². The molecule has 0 fully saturated rings. The topological polar surface area (TPSA) is 51.5 Å². The highest BCUT2D eigenvalue weighted by Crippen LogP contribution is 2.26. The highest BCUT2D eigenvalue weighted by molar-refractivity contribution is 7.20. The molecule has 0 amide bonds. The fourth-order valence-corrected chi connectivity index (χ4v) is 3.09. The molecule has 7 heteroatoms. The molecule has 0 aliphatic carbocycles. The van der Waals surface area contributed by atoms with Crippen LogP contribution in [0.2, 0.25) is 0 Å². The molecule has 1 N–H and O–H groups in total. The fraction of sp³-hybridized carbons (Fsp3) is 0.412. The first-order valence-corrected chi connectivity index (χ1v) is 8.63. The van der Waals surface area contributed by atoms with E-state index in [9.17, 15) is 4.39 Å². The molecule has 2 aromatic heterocycles. The number of hydrogen-bond donors (Lipinski definition) is 1. The van der Waals surface area contributed by atoms with Gasteiger partial charge < -0.3 is 10.1 Å². The van der Waals surface area contributed by atoms with Gasteiger partial charge in [0.15, 0.2) is 0 Å². The van der Waals surface area contributed by atoms with Crippen molar-refractivity contribution in [2.75, 3.05) is 25.6 Å². The summed E-state index contributed by atoms with van der Waals surface area (Å²) in [6.45, 7) is 5.96. The number of nitrogens with zero attached hydrogens (tertiary/aromatic N) is 3. The largest absolute Gasteiger partial charge is 0.385 e. The molecule has 0 bridgehead atoms. The second-order valence-corrected chi connectivity index (χ2v) is 7.48. The van der Waals surface area contributed by atoms with Gasteiger partial charge in [-0.3, -0.25) is 0 Å². The molecule has 0 aliphatic rings. The summed E-state index contributed by atoms with van der Waals surface area (Å²) in [5.74, 6) is -0.250. The summed E-state index contributed by atoms with van der Waals surface area (Å²) in [5.41, 5.74) is 1.80. The average molecular weight is 348 g/mol. The van der Waals surface area contributed by atoms with Crippen LogP contribution in [0.15, 0.2) is 30.5 Å². The van der Waals surface area contributed by atoms with E-state index in [1.807, 2.05) is 6.20 Å². The minimum Gasteiger partial charge on any atom is -0.385 e. The van der Waals surface area contributed by atoms with E-state index in [2.05, 4.69) is 29.2 Å². The molecule has 0 radical (unpaired) electrons. The summed E-state index contributed by atoms with van der Waals surface area (Å²) >= 11 is 1.50. The van der Waals surface area contributed by atoms with Crippen LogP contribution in [0.5, 0.6) is 0 Å². The molecule has 0 spiro atoms. The van der Waals surface area contributed by atoms with Crippen LogP contribution in [0.1, 0.15) is 20.3 Å². The fourth-order valence-electron chi connectivity index (χ4n) is 2.31. The molecule has 0 atom stereocenters. The Kier molecular flexibility index (Phi) is 4.82. The van der Waals surface area contributed by atoms with Gasteiger partial charge in [0.1, 0.15) is 5.82 Å². The minimum atomic E-state index is -0.250. The average Bonchev–Trinajstić information content (AvgIpc) is 3.10. The molecule has 3 rings (SSSR count). The van der Waals surface area contributed by atoms with Crippen LogP contribution in [-0.2, 0) is 4.74 Å². The number of hydrogen-bond acceptors (Lipinski definition) is 5. The lowest BCUT2D eigenvalue weighted by atomic mass is 9.90. The zero-order chi connectivity index (χ0) is 17.2. The maximum Gasteiger partial charge on any atom is 0.214 e. The SMILES string of the molecule is COCCC(C)(C)CNc1nn2cc(-c3ccc(F)cc3)nc2s1. The summed E-state index contributed by atoms with van der Waals surface area (Å²) in [6.07, 6.45) is 2.84. The Bertz CT molecular complexity index is 778. The number of fused-ring (bicyclic) bond motifs is 1. The zero-order valence-corrected chi connectivity index (χ0v) is 14.9. The van der Waals surface area contributed by atoms with E-state index >= 15 is 0 Å². The van der Waals surface area contributed by atoms with Crippen LogP contribution in [0, 0.1) is 11.2 Å². The second-order valence-electron chi connectivity index (χ2n) is 6.53. The number of methoxy groups -OCH3 is 1. The first kappa shape index (κ1) is 16.9. The van der Waals surface area contributed by atoms with Gasteiger partial charge in [0.25, 0.3) is 0 Å². The van der Waals surface area contributed by atoms with Crippen molar-refractivity contribution in [2.24, 2.45) is 5.41 Å². The predicted octanol–water partition coefficient (Wildman–Crippen LogP) is 4.07. The minimum absolute atomic E-state index is 0.128. The van der Waals surface area contributed by atoms with Crippen molar-refractivity contribution in [3.8, 4) is 11.3 Å². The van der Waals surface area contributed by atoms with E-state index in [-0.39, 0.29) is 11.2 Å². The molecule has 3 aromatic rings. The van der Waals surface area contributed by atoms with E-state index < -0.39 is 0 Å². The smallest absolute Gasteiger partial charge is 0.214 e. The third-order valence-corrected chi connectivity index (χ3v) is 4.76. The summed E-state index contributed by atoms with van der Waals surface area (Å²) in [7, 11) is 1.72. The van der Waals surface area contributed by atoms with Crippen molar-refractivity contribution in [2.45, 2.75) is 20.3 Å². The molecule has 0 aliphatic heterocycles. The number of benzene rings is 1. The Morgan fingerprint density at radius 1 is 1.29 bits per heavy atom. The van der Waals surface area contributed by atoms with Crippen LogP contribution in [0.4, 0.5) is 9.52 Å².